The van der Waals surface area contributed by atoms with E-state index in [1.165, 1.54) is 17.9 Å². The number of aromatic nitrogens is 1. The normalized spacial score (nSPS) is 14.2. The van der Waals surface area contributed by atoms with Gasteiger partial charge in [-0.25, -0.2) is 9.18 Å². The molecule has 0 radical (unpaired) electrons. The maximum atomic E-state index is 15.7. The molecule has 4 rings (SSSR count). The maximum absolute atomic E-state index is 15.7. The van der Waals surface area contributed by atoms with E-state index >= 15 is 4.39 Å². The van der Waals surface area contributed by atoms with Crippen molar-refractivity contribution < 1.29 is 59.3 Å². The Hall–Kier alpha value is -4.70. The van der Waals surface area contributed by atoms with Gasteiger partial charge in [0, 0.05) is 38.7 Å². The number of fused-ring (bicyclic) bond motifs is 1. The van der Waals surface area contributed by atoms with Crippen molar-refractivity contribution in [2.45, 2.75) is 58.4 Å². The van der Waals surface area contributed by atoms with Gasteiger partial charge < -0.3 is 33.7 Å². The molecule has 1 aliphatic heterocycles. The number of alkyl halides is 6. The molecule has 2 aromatic carbocycles. The maximum Gasteiger partial charge on any atom is 0.573 e. The lowest BCUT2D eigenvalue weighted by Crippen LogP contribution is -2.38. The summed E-state index contributed by atoms with van der Waals surface area (Å²) in [5.74, 6) is -2.96. The molecule has 3 aromatic rings. The van der Waals surface area contributed by atoms with Crippen molar-refractivity contribution in [2.24, 2.45) is 0 Å². The SMILES string of the molecule is CCOC(=O)OC1CCN(c2c(F)cc3c(=O)c(C(=O)NCc4ccc(OC(F)(F)F)cc4C)cn(CC(F)(F)F)c3c2OC)CC1. The zero-order chi connectivity index (χ0) is 34.7. The smallest absolute Gasteiger partial charge is 0.492 e. The molecule has 47 heavy (non-hydrogen) atoms. The fourth-order valence-electron chi connectivity index (χ4n) is 5.28. The standard InChI is InChI=1S/C30H30F7N3O7/c1-4-45-28(43)46-18-7-9-39(10-8-18)24-22(31)12-20-23(26(24)44-3)40(15-29(32,33)34)14-21(25(20)41)27(42)38-13-17-5-6-19(11-16(17)2)47-30(35,36)37/h5-6,11-12,14,18H,4,7-10,13,15H2,1-3H3,(H,38,42). The number of benzene rings is 2. The lowest BCUT2D eigenvalue weighted by Gasteiger charge is -2.34. The van der Waals surface area contributed by atoms with Crippen molar-refractivity contribution in [3.63, 3.8) is 0 Å². The van der Waals surface area contributed by atoms with E-state index in [9.17, 15) is 40.7 Å². The van der Waals surface area contributed by atoms with Crippen molar-refractivity contribution in [1.29, 1.82) is 0 Å². The molecular weight excluding hydrogens is 647 g/mol. The third-order valence-corrected chi connectivity index (χ3v) is 7.31. The van der Waals surface area contributed by atoms with E-state index in [1.807, 2.05) is 0 Å². The number of methoxy groups -OCH3 is 1. The molecular formula is C30H30F7N3O7. The minimum Gasteiger partial charge on any atom is -0.492 e. The highest BCUT2D eigenvalue weighted by atomic mass is 19.4. The Bertz CT molecular complexity index is 1700. The molecule has 0 bridgehead atoms. The summed E-state index contributed by atoms with van der Waals surface area (Å²) < 4.78 is 114. The molecule has 1 aromatic heterocycles. The van der Waals surface area contributed by atoms with E-state index in [0.29, 0.717) is 16.3 Å². The summed E-state index contributed by atoms with van der Waals surface area (Å²) in [6, 6.07) is 4.07. The second-order valence-corrected chi connectivity index (χ2v) is 10.6. The Morgan fingerprint density at radius 3 is 2.32 bits per heavy atom. The van der Waals surface area contributed by atoms with Crippen LogP contribution in [0.3, 0.4) is 0 Å². The fourth-order valence-corrected chi connectivity index (χ4v) is 5.28. The predicted molar refractivity (Wildman–Crippen MR) is 153 cm³/mol. The number of pyridine rings is 1. The van der Waals surface area contributed by atoms with Crippen LogP contribution < -0.4 is 25.1 Å². The summed E-state index contributed by atoms with van der Waals surface area (Å²) in [6.45, 7) is 1.43. The molecule has 1 amide bonds. The van der Waals surface area contributed by atoms with Crippen LogP contribution >= 0.6 is 0 Å². The second kappa shape index (κ2) is 14.0. The molecule has 1 aliphatic rings. The number of nitrogens with zero attached hydrogens (tertiary/aromatic N) is 2. The largest absolute Gasteiger partial charge is 0.573 e. The van der Waals surface area contributed by atoms with Gasteiger partial charge in [0.25, 0.3) is 5.91 Å². The number of hydrogen-bond acceptors (Lipinski definition) is 8. The second-order valence-electron chi connectivity index (χ2n) is 10.6. The van der Waals surface area contributed by atoms with E-state index in [2.05, 4.69) is 10.1 Å². The van der Waals surface area contributed by atoms with Gasteiger partial charge in [0.15, 0.2) is 11.6 Å². The average molecular weight is 678 g/mol. The van der Waals surface area contributed by atoms with Crippen molar-refractivity contribution in [1.82, 2.24) is 9.88 Å². The molecule has 2 heterocycles. The van der Waals surface area contributed by atoms with E-state index in [0.717, 1.165) is 25.3 Å². The Morgan fingerprint density at radius 1 is 1.06 bits per heavy atom. The number of nitrogens with one attached hydrogen (secondary N) is 1. The van der Waals surface area contributed by atoms with Crippen LogP contribution in [-0.4, -0.2) is 62.1 Å². The van der Waals surface area contributed by atoms with E-state index in [1.54, 1.807) is 6.92 Å². The van der Waals surface area contributed by atoms with Crippen LogP contribution in [0.1, 0.15) is 41.3 Å². The first-order chi connectivity index (χ1) is 22.0. The molecule has 0 saturated carbocycles. The van der Waals surface area contributed by atoms with Gasteiger partial charge in [-0.3, -0.25) is 9.59 Å². The van der Waals surface area contributed by atoms with Crippen LogP contribution in [-0.2, 0) is 22.6 Å². The van der Waals surface area contributed by atoms with Crippen molar-refractivity contribution in [3.05, 3.63) is 63.2 Å². The number of anilines is 1. The lowest BCUT2D eigenvalue weighted by molar-refractivity contribution is -0.274. The number of rotatable bonds is 9. The van der Waals surface area contributed by atoms with Gasteiger partial charge in [0.2, 0.25) is 5.43 Å². The third-order valence-electron chi connectivity index (χ3n) is 7.31. The van der Waals surface area contributed by atoms with Crippen LogP contribution in [0, 0.1) is 12.7 Å². The Labute approximate surface area is 262 Å². The number of hydrogen-bond donors (Lipinski definition) is 1. The first kappa shape index (κ1) is 35.2. The van der Waals surface area contributed by atoms with Gasteiger partial charge in [-0.2, -0.15) is 13.2 Å². The fraction of sp³-hybridized carbons (Fsp3) is 0.433. The number of piperidine rings is 1. The van der Waals surface area contributed by atoms with Crippen LogP contribution in [0.2, 0.25) is 0 Å². The highest BCUT2D eigenvalue weighted by Gasteiger charge is 2.34. The average Bonchev–Trinajstić information content (AvgIpc) is 2.96. The van der Waals surface area contributed by atoms with Crippen LogP contribution in [0.25, 0.3) is 10.9 Å². The molecule has 0 aliphatic carbocycles. The number of carbonyl (C=O) groups excluding carboxylic acids is 2. The van der Waals surface area contributed by atoms with Crippen molar-refractivity contribution >= 4 is 28.7 Å². The Morgan fingerprint density at radius 2 is 1.74 bits per heavy atom. The lowest BCUT2D eigenvalue weighted by atomic mass is 10.0. The number of carbonyl (C=O) groups is 2. The molecule has 1 saturated heterocycles. The quantitative estimate of drug-likeness (QED) is 0.218. The highest BCUT2D eigenvalue weighted by Crippen LogP contribution is 2.40. The summed E-state index contributed by atoms with van der Waals surface area (Å²) in [5.41, 5.74) is -1.80. The van der Waals surface area contributed by atoms with E-state index in [4.69, 9.17) is 14.2 Å². The number of ether oxygens (including phenoxy) is 4. The molecule has 1 N–H and O–H groups in total. The van der Waals surface area contributed by atoms with Gasteiger partial charge in [-0.05, 0) is 43.2 Å². The molecule has 10 nitrogen and oxygen atoms in total. The minimum absolute atomic E-state index is 0.109. The summed E-state index contributed by atoms with van der Waals surface area (Å²) in [4.78, 5) is 39.8. The molecule has 256 valence electrons. The number of halogens is 7. The van der Waals surface area contributed by atoms with Gasteiger partial charge in [0.05, 0.1) is 24.6 Å². The molecule has 0 unspecified atom stereocenters. The van der Waals surface area contributed by atoms with Gasteiger partial charge >= 0.3 is 18.7 Å². The predicted octanol–water partition coefficient (Wildman–Crippen LogP) is 5.99. The zero-order valence-corrected chi connectivity index (χ0v) is 25.3. The number of amides is 1. The third kappa shape index (κ3) is 8.56. The van der Waals surface area contributed by atoms with Crippen molar-refractivity contribution in [3.8, 4) is 11.5 Å². The summed E-state index contributed by atoms with van der Waals surface area (Å²) in [7, 11) is 1.10. The minimum atomic E-state index is -4.92. The van der Waals surface area contributed by atoms with E-state index < -0.39 is 70.7 Å². The number of aryl methyl sites for hydroxylation is 1. The molecule has 17 heteroatoms. The molecule has 1 fully saturated rings. The summed E-state index contributed by atoms with van der Waals surface area (Å²) in [5, 5.41) is 1.83. The topological polar surface area (TPSA) is 108 Å². The van der Waals surface area contributed by atoms with Crippen LogP contribution in [0.5, 0.6) is 11.5 Å². The van der Waals surface area contributed by atoms with Crippen LogP contribution in [0.15, 0.2) is 35.3 Å². The monoisotopic (exact) mass is 677 g/mol. The molecule has 0 atom stereocenters. The first-order valence-corrected chi connectivity index (χ1v) is 14.2. The van der Waals surface area contributed by atoms with Gasteiger partial charge in [-0.1, -0.05) is 6.07 Å². The van der Waals surface area contributed by atoms with Gasteiger partial charge in [-0.15, -0.1) is 13.2 Å². The van der Waals surface area contributed by atoms with E-state index in [-0.39, 0.29) is 56.1 Å². The summed E-state index contributed by atoms with van der Waals surface area (Å²) >= 11 is 0. The Kier molecular flexibility index (Phi) is 10.4. The first-order valence-electron chi connectivity index (χ1n) is 14.2. The van der Waals surface area contributed by atoms with Crippen LogP contribution in [0.4, 0.5) is 41.2 Å². The van der Waals surface area contributed by atoms with Gasteiger partial charge in [0.1, 0.15) is 29.6 Å². The zero-order valence-electron chi connectivity index (χ0n) is 25.3. The Balaban J connectivity index is 1.68. The highest BCUT2D eigenvalue weighted by molar-refractivity contribution is 5.99. The molecule has 0 spiro atoms. The van der Waals surface area contributed by atoms with Crippen molar-refractivity contribution in [2.75, 3.05) is 31.7 Å². The summed E-state index contributed by atoms with van der Waals surface area (Å²) in [6.07, 6.45) is -9.98.